The minimum absolute atomic E-state index is 0.0836. The number of nitrogens with one attached hydrogen (secondary N) is 3. The monoisotopic (exact) mass is 290 g/mol. The molecule has 0 bridgehead atoms. The number of hydrogen-bond donors (Lipinski definition) is 3. The van der Waals surface area contributed by atoms with E-state index in [1.807, 2.05) is 26.0 Å². The zero-order valence-corrected chi connectivity index (χ0v) is 12.5. The van der Waals surface area contributed by atoms with E-state index in [1.54, 1.807) is 11.0 Å². The highest BCUT2D eigenvalue weighted by Crippen LogP contribution is 2.29. The molecule has 21 heavy (non-hydrogen) atoms. The topological polar surface area (TPSA) is 73.5 Å². The normalized spacial score (nSPS) is 12.7. The SMILES string of the molecule is CCNC(=O)CN(CC)C(=O)c1cccc2c1NCCN2. The molecule has 0 spiro atoms. The molecule has 1 heterocycles. The van der Waals surface area contributed by atoms with Crippen molar-refractivity contribution in [1.29, 1.82) is 0 Å². The maximum absolute atomic E-state index is 12.7. The third-order valence-corrected chi connectivity index (χ3v) is 3.41. The van der Waals surface area contributed by atoms with E-state index in [2.05, 4.69) is 16.0 Å². The van der Waals surface area contributed by atoms with Gasteiger partial charge >= 0.3 is 0 Å². The average molecular weight is 290 g/mol. The Morgan fingerprint density at radius 3 is 2.71 bits per heavy atom. The summed E-state index contributed by atoms with van der Waals surface area (Å²) in [6.45, 7) is 6.49. The maximum atomic E-state index is 12.7. The molecule has 6 heteroatoms. The minimum atomic E-state index is -0.136. The Morgan fingerprint density at radius 2 is 2.00 bits per heavy atom. The van der Waals surface area contributed by atoms with Gasteiger partial charge < -0.3 is 20.9 Å². The van der Waals surface area contributed by atoms with Crippen molar-refractivity contribution in [1.82, 2.24) is 10.2 Å². The number of carbonyl (C=O) groups excluding carboxylic acids is 2. The largest absolute Gasteiger partial charge is 0.382 e. The van der Waals surface area contributed by atoms with Gasteiger partial charge in [0.1, 0.15) is 0 Å². The number of fused-ring (bicyclic) bond motifs is 1. The van der Waals surface area contributed by atoms with Crippen LogP contribution in [-0.2, 0) is 4.79 Å². The van der Waals surface area contributed by atoms with Crippen LogP contribution < -0.4 is 16.0 Å². The summed E-state index contributed by atoms with van der Waals surface area (Å²) in [5, 5.41) is 9.24. The van der Waals surface area contributed by atoms with Crippen molar-refractivity contribution < 1.29 is 9.59 Å². The van der Waals surface area contributed by atoms with E-state index in [0.29, 0.717) is 18.7 Å². The second-order valence-corrected chi connectivity index (χ2v) is 4.85. The Bertz CT molecular complexity index is 530. The molecule has 2 amide bonds. The van der Waals surface area contributed by atoms with Crippen LogP contribution in [0.25, 0.3) is 0 Å². The summed E-state index contributed by atoms with van der Waals surface area (Å²) in [7, 11) is 0. The lowest BCUT2D eigenvalue weighted by Crippen LogP contribution is -2.41. The number of nitrogens with zero attached hydrogens (tertiary/aromatic N) is 1. The highest BCUT2D eigenvalue weighted by Gasteiger charge is 2.22. The quantitative estimate of drug-likeness (QED) is 0.760. The predicted molar refractivity (Wildman–Crippen MR) is 83.7 cm³/mol. The van der Waals surface area contributed by atoms with Crippen molar-refractivity contribution in [2.75, 3.05) is 43.4 Å². The lowest BCUT2D eigenvalue weighted by molar-refractivity contribution is -0.121. The molecule has 114 valence electrons. The molecule has 0 unspecified atom stereocenters. The summed E-state index contributed by atoms with van der Waals surface area (Å²) in [6, 6.07) is 5.59. The Hall–Kier alpha value is -2.24. The zero-order chi connectivity index (χ0) is 15.2. The van der Waals surface area contributed by atoms with E-state index in [0.717, 1.165) is 24.5 Å². The first kappa shape index (κ1) is 15.2. The van der Waals surface area contributed by atoms with Crippen molar-refractivity contribution in [2.45, 2.75) is 13.8 Å². The number of anilines is 2. The number of hydrogen-bond acceptors (Lipinski definition) is 4. The Labute approximate surface area is 124 Å². The first-order valence-corrected chi connectivity index (χ1v) is 7.34. The number of likely N-dealkylation sites (N-methyl/N-ethyl adjacent to an activating group) is 2. The van der Waals surface area contributed by atoms with Crippen LogP contribution in [0, 0.1) is 0 Å². The maximum Gasteiger partial charge on any atom is 0.256 e. The number of benzene rings is 1. The number of carbonyl (C=O) groups is 2. The van der Waals surface area contributed by atoms with Crippen LogP contribution in [0.5, 0.6) is 0 Å². The molecule has 3 N–H and O–H groups in total. The van der Waals surface area contributed by atoms with Gasteiger partial charge in [0, 0.05) is 26.2 Å². The highest BCUT2D eigenvalue weighted by molar-refractivity contribution is 6.03. The molecule has 6 nitrogen and oxygen atoms in total. The molecule has 0 atom stereocenters. The molecule has 2 rings (SSSR count). The lowest BCUT2D eigenvalue weighted by Gasteiger charge is -2.25. The van der Waals surface area contributed by atoms with Crippen LogP contribution in [0.4, 0.5) is 11.4 Å². The van der Waals surface area contributed by atoms with E-state index in [-0.39, 0.29) is 18.4 Å². The summed E-state index contributed by atoms with van der Waals surface area (Å²) >= 11 is 0. The molecule has 1 aliphatic rings. The van der Waals surface area contributed by atoms with Gasteiger partial charge in [0.05, 0.1) is 23.5 Å². The summed E-state index contributed by atoms with van der Waals surface area (Å²) in [5.74, 6) is -0.264. The van der Waals surface area contributed by atoms with Gasteiger partial charge in [-0.05, 0) is 26.0 Å². The summed E-state index contributed by atoms with van der Waals surface area (Å²) < 4.78 is 0. The smallest absolute Gasteiger partial charge is 0.256 e. The third-order valence-electron chi connectivity index (χ3n) is 3.41. The van der Waals surface area contributed by atoms with Gasteiger partial charge in [-0.1, -0.05) is 6.07 Å². The van der Waals surface area contributed by atoms with Crippen LogP contribution in [0.1, 0.15) is 24.2 Å². The Kier molecular flexibility index (Phi) is 5.03. The van der Waals surface area contributed by atoms with E-state index < -0.39 is 0 Å². The predicted octanol–water partition coefficient (Wildman–Crippen LogP) is 1.12. The van der Waals surface area contributed by atoms with Crippen molar-refractivity contribution in [3.05, 3.63) is 23.8 Å². The van der Waals surface area contributed by atoms with Crippen LogP contribution >= 0.6 is 0 Å². The van der Waals surface area contributed by atoms with Gasteiger partial charge in [-0.3, -0.25) is 9.59 Å². The molecule has 1 aromatic carbocycles. The molecular formula is C15H22N4O2. The fourth-order valence-electron chi connectivity index (χ4n) is 2.38. The van der Waals surface area contributed by atoms with Gasteiger partial charge in [-0.2, -0.15) is 0 Å². The molecule has 0 fully saturated rings. The highest BCUT2D eigenvalue weighted by atomic mass is 16.2. The van der Waals surface area contributed by atoms with E-state index in [4.69, 9.17) is 0 Å². The number of para-hydroxylation sites is 1. The zero-order valence-electron chi connectivity index (χ0n) is 12.5. The van der Waals surface area contributed by atoms with Crippen molar-refractivity contribution >= 4 is 23.2 Å². The van der Waals surface area contributed by atoms with Gasteiger partial charge in [0.25, 0.3) is 5.91 Å². The molecule has 0 aromatic heterocycles. The summed E-state index contributed by atoms with van der Waals surface area (Å²) in [5.41, 5.74) is 2.36. The molecule has 0 saturated heterocycles. The number of rotatable bonds is 5. The molecule has 1 aliphatic heterocycles. The van der Waals surface area contributed by atoms with Gasteiger partial charge in [-0.15, -0.1) is 0 Å². The van der Waals surface area contributed by atoms with Gasteiger partial charge in [-0.25, -0.2) is 0 Å². The van der Waals surface area contributed by atoms with E-state index in [9.17, 15) is 9.59 Å². The first-order valence-electron chi connectivity index (χ1n) is 7.34. The first-order chi connectivity index (χ1) is 10.2. The van der Waals surface area contributed by atoms with Crippen LogP contribution in [0.2, 0.25) is 0 Å². The lowest BCUT2D eigenvalue weighted by atomic mass is 10.1. The fraction of sp³-hybridized carbons (Fsp3) is 0.467. The molecule has 0 aliphatic carbocycles. The molecule has 0 saturated carbocycles. The molecular weight excluding hydrogens is 268 g/mol. The van der Waals surface area contributed by atoms with Gasteiger partial charge in [0.2, 0.25) is 5.91 Å². The van der Waals surface area contributed by atoms with Crippen LogP contribution in [0.3, 0.4) is 0 Å². The standard InChI is InChI=1S/C15H22N4O2/c1-3-16-13(20)10-19(4-2)15(21)11-6-5-7-12-14(11)18-9-8-17-12/h5-7,17-18H,3-4,8-10H2,1-2H3,(H,16,20). The second-order valence-electron chi connectivity index (χ2n) is 4.85. The minimum Gasteiger partial charge on any atom is -0.382 e. The van der Waals surface area contributed by atoms with Crippen molar-refractivity contribution in [2.24, 2.45) is 0 Å². The van der Waals surface area contributed by atoms with Crippen molar-refractivity contribution in [3.8, 4) is 0 Å². The van der Waals surface area contributed by atoms with Gasteiger partial charge in [0.15, 0.2) is 0 Å². The second kappa shape index (κ2) is 6.97. The van der Waals surface area contributed by atoms with Crippen molar-refractivity contribution in [3.63, 3.8) is 0 Å². The van der Waals surface area contributed by atoms with Crippen LogP contribution in [-0.4, -0.2) is 49.4 Å². The molecule has 0 radical (unpaired) electrons. The summed E-state index contributed by atoms with van der Waals surface area (Å²) in [4.78, 5) is 25.9. The van der Waals surface area contributed by atoms with E-state index in [1.165, 1.54) is 0 Å². The average Bonchev–Trinajstić information content (AvgIpc) is 2.51. The third kappa shape index (κ3) is 3.45. The Morgan fingerprint density at radius 1 is 1.24 bits per heavy atom. The summed E-state index contributed by atoms with van der Waals surface area (Å²) in [6.07, 6.45) is 0. The fourth-order valence-corrected chi connectivity index (χ4v) is 2.38. The van der Waals surface area contributed by atoms with Crippen LogP contribution in [0.15, 0.2) is 18.2 Å². The Balaban J connectivity index is 2.20. The number of amides is 2. The van der Waals surface area contributed by atoms with E-state index >= 15 is 0 Å². The molecule has 1 aromatic rings.